The van der Waals surface area contributed by atoms with Crippen LogP contribution in [0.2, 0.25) is 0 Å². The van der Waals surface area contributed by atoms with Crippen LogP contribution in [0.15, 0.2) is 64.8 Å². The van der Waals surface area contributed by atoms with Gasteiger partial charge in [0.15, 0.2) is 0 Å². The lowest BCUT2D eigenvalue weighted by atomic mass is 9.83. The highest BCUT2D eigenvalue weighted by Gasteiger charge is 2.36. The monoisotopic (exact) mass is 433 g/mol. The molecule has 2 unspecified atom stereocenters. The normalized spacial score (nSPS) is 19.5. The average molecular weight is 434 g/mol. The van der Waals surface area contributed by atoms with Crippen molar-refractivity contribution in [2.45, 2.75) is 25.3 Å². The molecule has 2 bridgehead atoms. The quantitative estimate of drug-likeness (QED) is 0.686. The number of hydrogen-bond donors (Lipinski definition) is 1. The van der Waals surface area contributed by atoms with Crippen molar-refractivity contribution < 1.29 is 9.59 Å². The molecule has 6 nitrogen and oxygen atoms in total. The second-order valence-corrected chi connectivity index (χ2v) is 9.29. The number of carbonyl (C=O) groups is 2. The highest BCUT2D eigenvalue weighted by Crippen LogP contribution is 2.35. The van der Waals surface area contributed by atoms with Crippen LogP contribution < -0.4 is 10.9 Å². The number of likely N-dealkylation sites (tertiary alicyclic amines) is 1. The molecule has 0 radical (unpaired) electrons. The number of nitrogens with zero attached hydrogens (tertiary/aromatic N) is 2. The Bertz CT molecular complexity index is 1170. The van der Waals surface area contributed by atoms with Gasteiger partial charge in [-0.3, -0.25) is 14.4 Å². The summed E-state index contributed by atoms with van der Waals surface area (Å²) in [7, 11) is 0. The summed E-state index contributed by atoms with van der Waals surface area (Å²) in [4.78, 5) is 41.4. The van der Waals surface area contributed by atoms with Gasteiger partial charge in [0, 0.05) is 41.7 Å². The summed E-state index contributed by atoms with van der Waals surface area (Å²) in [6.45, 7) is 1.88. The fourth-order valence-corrected chi connectivity index (χ4v) is 5.40. The molecule has 3 aromatic rings. The molecule has 2 atom stereocenters. The summed E-state index contributed by atoms with van der Waals surface area (Å²) >= 11 is 1.60. The third-order valence-corrected chi connectivity index (χ3v) is 7.02. The van der Waals surface area contributed by atoms with Crippen molar-refractivity contribution in [1.29, 1.82) is 0 Å². The number of aromatic nitrogens is 1. The molecule has 1 saturated heterocycles. The van der Waals surface area contributed by atoms with Gasteiger partial charge in [-0.1, -0.05) is 24.3 Å². The number of amides is 2. The van der Waals surface area contributed by atoms with Gasteiger partial charge in [-0.25, -0.2) is 0 Å². The number of hydrogen-bond acceptors (Lipinski definition) is 4. The molecule has 2 aromatic heterocycles. The molecule has 0 aliphatic carbocycles. The standard InChI is InChI=1S/C24H23N3O3S/c28-22(12-19-7-4-10-31-19)26-13-16-11-18(15-26)21-9-8-20(24(30)27(21)14-16)25-23(29)17-5-2-1-3-6-17/h1-10,16,18H,11-15H2,(H,25,29). The Morgan fingerprint density at radius 2 is 1.84 bits per heavy atom. The average Bonchev–Trinajstić information content (AvgIpc) is 3.29. The number of pyridine rings is 1. The molecule has 0 saturated carbocycles. The maximum absolute atomic E-state index is 13.1. The summed E-state index contributed by atoms with van der Waals surface area (Å²) in [5.74, 6) is 0.252. The summed E-state index contributed by atoms with van der Waals surface area (Å²) in [6, 6.07) is 16.5. The highest BCUT2D eigenvalue weighted by atomic mass is 32.1. The summed E-state index contributed by atoms with van der Waals surface area (Å²) in [5.41, 5.74) is 1.59. The minimum absolute atomic E-state index is 0.145. The van der Waals surface area contributed by atoms with E-state index in [1.165, 1.54) is 0 Å². The van der Waals surface area contributed by atoms with Crippen molar-refractivity contribution in [3.63, 3.8) is 0 Å². The first-order chi connectivity index (χ1) is 15.1. The molecule has 1 N–H and O–H groups in total. The van der Waals surface area contributed by atoms with E-state index >= 15 is 0 Å². The number of benzene rings is 1. The van der Waals surface area contributed by atoms with E-state index in [2.05, 4.69) is 5.32 Å². The molecular weight excluding hydrogens is 410 g/mol. The van der Waals surface area contributed by atoms with Crippen LogP contribution in [0.1, 0.15) is 33.3 Å². The topological polar surface area (TPSA) is 71.4 Å². The molecule has 0 spiro atoms. The molecule has 1 fully saturated rings. The van der Waals surface area contributed by atoms with Crippen molar-refractivity contribution >= 4 is 28.8 Å². The molecule has 2 aliphatic heterocycles. The predicted octanol–water partition coefficient (Wildman–Crippen LogP) is 3.35. The van der Waals surface area contributed by atoms with Gasteiger partial charge in [0.25, 0.3) is 11.5 Å². The molecule has 4 heterocycles. The van der Waals surface area contributed by atoms with E-state index in [4.69, 9.17) is 0 Å². The summed E-state index contributed by atoms with van der Waals surface area (Å²) in [5, 5.41) is 4.75. The van der Waals surface area contributed by atoms with Crippen LogP contribution >= 0.6 is 11.3 Å². The fraction of sp³-hybridized carbons (Fsp3) is 0.292. The van der Waals surface area contributed by atoms with Crippen LogP contribution in [0.3, 0.4) is 0 Å². The third kappa shape index (κ3) is 3.93. The van der Waals surface area contributed by atoms with Gasteiger partial charge in [-0.05, 0) is 48.1 Å². The Morgan fingerprint density at radius 3 is 2.61 bits per heavy atom. The Kier molecular flexibility index (Phi) is 5.19. The van der Waals surface area contributed by atoms with Crippen LogP contribution in [-0.4, -0.2) is 34.4 Å². The van der Waals surface area contributed by atoms with Crippen LogP contribution in [0.4, 0.5) is 5.69 Å². The molecule has 2 amide bonds. The third-order valence-electron chi connectivity index (χ3n) is 6.15. The number of piperidine rings is 1. The van der Waals surface area contributed by atoms with Crippen molar-refractivity contribution in [2.75, 3.05) is 18.4 Å². The maximum atomic E-state index is 13.1. The van der Waals surface area contributed by atoms with E-state index in [-0.39, 0.29) is 29.2 Å². The molecule has 5 rings (SSSR count). The Hall–Kier alpha value is -3.19. The van der Waals surface area contributed by atoms with Crippen LogP contribution in [0.5, 0.6) is 0 Å². The van der Waals surface area contributed by atoms with Gasteiger partial charge in [-0.15, -0.1) is 11.3 Å². The zero-order valence-electron chi connectivity index (χ0n) is 17.0. The van der Waals surface area contributed by atoms with Gasteiger partial charge in [0.1, 0.15) is 5.69 Å². The van der Waals surface area contributed by atoms with Crippen molar-refractivity contribution in [1.82, 2.24) is 9.47 Å². The molecule has 158 valence electrons. The summed E-state index contributed by atoms with van der Waals surface area (Å²) < 4.78 is 1.79. The van der Waals surface area contributed by atoms with E-state index in [0.29, 0.717) is 37.3 Å². The Morgan fingerprint density at radius 1 is 1.00 bits per heavy atom. The minimum Gasteiger partial charge on any atom is -0.341 e. The zero-order valence-corrected chi connectivity index (χ0v) is 17.8. The number of anilines is 1. The van der Waals surface area contributed by atoms with E-state index < -0.39 is 0 Å². The number of thiophene rings is 1. The second-order valence-electron chi connectivity index (χ2n) is 8.26. The number of rotatable bonds is 4. The van der Waals surface area contributed by atoms with Gasteiger partial charge in [0.05, 0.1) is 6.42 Å². The van der Waals surface area contributed by atoms with Crippen molar-refractivity contribution in [2.24, 2.45) is 5.92 Å². The molecule has 2 aliphatic rings. The van der Waals surface area contributed by atoms with E-state index in [9.17, 15) is 14.4 Å². The Balaban J connectivity index is 1.35. The number of nitrogens with one attached hydrogen (secondary N) is 1. The minimum atomic E-state index is -0.292. The van der Waals surface area contributed by atoms with Gasteiger partial charge in [-0.2, -0.15) is 0 Å². The van der Waals surface area contributed by atoms with E-state index in [1.54, 1.807) is 46.2 Å². The molecule has 7 heteroatoms. The van der Waals surface area contributed by atoms with Crippen molar-refractivity contribution in [3.8, 4) is 0 Å². The second kappa shape index (κ2) is 8.15. The first-order valence-corrected chi connectivity index (χ1v) is 11.4. The van der Waals surface area contributed by atoms with Crippen LogP contribution in [-0.2, 0) is 17.8 Å². The summed E-state index contributed by atoms with van der Waals surface area (Å²) in [6.07, 6.45) is 1.42. The highest BCUT2D eigenvalue weighted by molar-refractivity contribution is 7.10. The van der Waals surface area contributed by atoms with E-state index in [1.807, 2.05) is 34.5 Å². The maximum Gasteiger partial charge on any atom is 0.274 e. The zero-order chi connectivity index (χ0) is 21.4. The smallest absolute Gasteiger partial charge is 0.274 e. The van der Waals surface area contributed by atoms with E-state index in [0.717, 1.165) is 17.0 Å². The first kappa shape index (κ1) is 19.8. The number of carbonyl (C=O) groups excluding carboxylic acids is 2. The van der Waals surface area contributed by atoms with Gasteiger partial charge < -0.3 is 14.8 Å². The molecular formula is C24H23N3O3S. The predicted molar refractivity (Wildman–Crippen MR) is 121 cm³/mol. The molecule has 1 aromatic carbocycles. The van der Waals surface area contributed by atoms with Crippen LogP contribution in [0.25, 0.3) is 0 Å². The largest absolute Gasteiger partial charge is 0.341 e. The van der Waals surface area contributed by atoms with Gasteiger partial charge in [0.2, 0.25) is 5.91 Å². The fourth-order valence-electron chi connectivity index (χ4n) is 4.70. The number of fused-ring (bicyclic) bond motifs is 4. The first-order valence-electron chi connectivity index (χ1n) is 10.5. The lowest BCUT2D eigenvalue weighted by molar-refractivity contribution is -0.133. The van der Waals surface area contributed by atoms with Gasteiger partial charge >= 0.3 is 0 Å². The van der Waals surface area contributed by atoms with Crippen molar-refractivity contribution in [3.05, 3.63) is 86.5 Å². The lowest BCUT2D eigenvalue weighted by Gasteiger charge is -2.43. The molecule has 31 heavy (non-hydrogen) atoms. The van der Waals surface area contributed by atoms with Crippen LogP contribution in [0, 0.1) is 5.92 Å². The Labute approximate surface area is 184 Å². The SMILES string of the molecule is O=C(Nc1ccc2n(c1=O)CC1CC2CN(C(=O)Cc2cccs2)C1)c1ccccc1. The lowest BCUT2D eigenvalue weighted by Crippen LogP contribution is -2.49.